The van der Waals surface area contributed by atoms with Gasteiger partial charge in [0.2, 0.25) is 0 Å². The summed E-state index contributed by atoms with van der Waals surface area (Å²) in [5, 5.41) is 0. The van der Waals surface area contributed by atoms with E-state index in [2.05, 4.69) is 16.7 Å². The van der Waals surface area contributed by atoms with Gasteiger partial charge in [0, 0.05) is 26.2 Å². The van der Waals surface area contributed by atoms with Crippen molar-refractivity contribution < 1.29 is 4.79 Å². The molecule has 2 rings (SSSR count). The van der Waals surface area contributed by atoms with Crippen LogP contribution in [0, 0.1) is 5.92 Å². The molecule has 2 heterocycles. The first kappa shape index (κ1) is 12.7. The van der Waals surface area contributed by atoms with Crippen molar-refractivity contribution in [3.8, 4) is 0 Å². The molecule has 0 radical (unpaired) electrons. The van der Waals surface area contributed by atoms with Crippen molar-refractivity contribution in [3.63, 3.8) is 0 Å². The molecule has 17 heavy (non-hydrogen) atoms. The molecule has 1 atom stereocenters. The first-order chi connectivity index (χ1) is 8.31. The fourth-order valence-corrected chi connectivity index (χ4v) is 3.05. The number of carbonyl (C=O) groups is 1. The Bertz CT molecular complexity index is 249. The Morgan fingerprint density at radius 2 is 1.59 bits per heavy atom. The van der Waals surface area contributed by atoms with Gasteiger partial charge in [0.15, 0.2) is 0 Å². The highest BCUT2D eigenvalue weighted by Gasteiger charge is 2.24. The van der Waals surface area contributed by atoms with Gasteiger partial charge >= 0.3 is 6.03 Å². The molecule has 0 aromatic heterocycles. The molecule has 0 bridgehead atoms. The van der Waals surface area contributed by atoms with Gasteiger partial charge in [-0.1, -0.05) is 13.3 Å². The van der Waals surface area contributed by atoms with Gasteiger partial charge in [0.05, 0.1) is 0 Å². The monoisotopic (exact) mass is 238 g/mol. The van der Waals surface area contributed by atoms with E-state index < -0.39 is 0 Å². The normalized spacial score (nSPS) is 26.8. The maximum atomic E-state index is 12.4. The summed E-state index contributed by atoms with van der Waals surface area (Å²) in [5.74, 6) is 0.842. The summed E-state index contributed by atoms with van der Waals surface area (Å²) in [6, 6.07) is 0.307. The number of hydrogen-bond donors (Lipinski definition) is 0. The summed E-state index contributed by atoms with van der Waals surface area (Å²) in [6.45, 7) is 6.19. The first-order valence-corrected chi connectivity index (χ1v) is 7.35. The summed E-state index contributed by atoms with van der Waals surface area (Å²) in [4.78, 5) is 16.5. The lowest BCUT2D eigenvalue weighted by Crippen LogP contribution is -2.45. The Balaban J connectivity index is 1.85. The highest BCUT2D eigenvalue weighted by atomic mass is 16.2. The van der Waals surface area contributed by atoms with Gasteiger partial charge < -0.3 is 9.80 Å². The van der Waals surface area contributed by atoms with Crippen molar-refractivity contribution in [2.45, 2.75) is 51.9 Å². The zero-order valence-corrected chi connectivity index (χ0v) is 11.2. The Kier molecular flexibility index (Phi) is 4.69. The molecule has 2 saturated heterocycles. The molecular formula is C14H26N2O. The molecule has 1 unspecified atom stereocenters. The quantitative estimate of drug-likeness (QED) is 0.688. The van der Waals surface area contributed by atoms with E-state index in [1.165, 1.54) is 44.9 Å². The Morgan fingerprint density at radius 3 is 2.29 bits per heavy atom. The Labute approximate surface area is 105 Å². The zero-order valence-electron chi connectivity index (χ0n) is 11.2. The molecule has 2 fully saturated rings. The van der Waals surface area contributed by atoms with Crippen LogP contribution in [0.3, 0.4) is 0 Å². The van der Waals surface area contributed by atoms with E-state index in [-0.39, 0.29) is 0 Å². The average Bonchev–Trinajstić information content (AvgIpc) is 2.64. The second-order valence-corrected chi connectivity index (χ2v) is 5.52. The molecule has 2 aliphatic heterocycles. The van der Waals surface area contributed by atoms with E-state index in [0.717, 1.165) is 32.1 Å². The van der Waals surface area contributed by atoms with Crippen molar-refractivity contribution in [3.05, 3.63) is 0 Å². The van der Waals surface area contributed by atoms with Crippen LogP contribution in [0.25, 0.3) is 0 Å². The van der Waals surface area contributed by atoms with Crippen LogP contribution in [-0.2, 0) is 0 Å². The van der Waals surface area contributed by atoms with E-state index in [1.54, 1.807) is 0 Å². The minimum Gasteiger partial charge on any atom is -0.325 e. The molecule has 3 heteroatoms. The minimum absolute atomic E-state index is 0.307. The van der Waals surface area contributed by atoms with Crippen molar-refractivity contribution in [1.29, 1.82) is 0 Å². The molecule has 0 aliphatic carbocycles. The third kappa shape index (κ3) is 3.36. The maximum absolute atomic E-state index is 12.4. The van der Waals surface area contributed by atoms with Crippen LogP contribution in [-0.4, -0.2) is 42.0 Å². The van der Waals surface area contributed by atoms with E-state index in [4.69, 9.17) is 0 Å². The van der Waals surface area contributed by atoms with E-state index >= 15 is 0 Å². The van der Waals surface area contributed by atoms with Crippen LogP contribution < -0.4 is 0 Å². The number of nitrogens with zero attached hydrogens (tertiary/aromatic N) is 2. The number of hydrogen-bond acceptors (Lipinski definition) is 1. The zero-order chi connectivity index (χ0) is 12.1. The Hall–Kier alpha value is -0.730. The van der Waals surface area contributed by atoms with E-state index in [9.17, 15) is 4.79 Å². The number of rotatable bonds is 1. The van der Waals surface area contributed by atoms with E-state index in [0.29, 0.717) is 6.03 Å². The largest absolute Gasteiger partial charge is 0.325 e. The summed E-state index contributed by atoms with van der Waals surface area (Å²) >= 11 is 0. The predicted molar refractivity (Wildman–Crippen MR) is 70.0 cm³/mol. The topological polar surface area (TPSA) is 23.6 Å². The van der Waals surface area contributed by atoms with Gasteiger partial charge in [-0.25, -0.2) is 4.79 Å². The standard InChI is InChI=1S/C14H26N2O/c1-2-13-7-6-11-16(12-8-13)14(17)15-9-4-3-5-10-15/h13H,2-12H2,1H3. The van der Waals surface area contributed by atoms with Crippen LogP contribution >= 0.6 is 0 Å². The van der Waals surface area contributed by atoms with Crippen LogP contribution in [0.1, 0.15) is 51.9 Å². The number of likely N-dealkylation sites (tertiary alicyclic amines) is 2. The highest BCUT2D eigenvalue weighted by Crippen LogP contribution is 2.21. The maximum Gasteiger partial charge on any atom is 0.319 e. The predicted octanol–water partition coefficient (Wildman–Crippen LogP) is 3.10. The molecule has 3 nitrogen and oxygen atoms in total. The molecule has 2 amide bonds. The fourth-order valence-electron chi connectivity index (χ4n) is 3.05. The summed E-state index contributed by atoms with van der Waals surface area (Å²) in [5.41, 5.74) is 0. The first-order valence-electron chi connectivity index (χ1n) is 7.35. The molecular weight excluding hydrogens is 212 g/mol. The second kappa shape index (κ2) is 6.27. The lowest BCUT2D eigenvalue weighted by Gasteiger charge is -2.32. The van der Waals surface area contributed by atoms with Gasteiger partial charge in [-0.05, 0) is 44.4 Å². The molecule has 0 aromatic carbocycles. The van der Waals surface area contributed by atoms with Crippen LogP contribution in [0.15, 0.2) is 0 Å². The fraction of sp³-hybridized carbons (Fsp3) is 0.929. The summed E-state index contributed by atoms with van der Waals surface area (Å²) in [6.07, 6.45) is 8.65. The van der Waals surface area contributed by atoms with Crippen LogP contribution in [0.5, 0.6) is 0 Å². The summed E-state index contributed by atoms with van der Waals surface area (Å²) in [7, 11) is 0. The van der Waals surface area contributed by atoms with Crippen molar-refractivity contribution >= 4 is 6.03 Å². The summed E-state index contributed by atoms with van der Waals surface area (Å²) < 4.78 is 0. The SMILES string of the molecule is CCC1CCCN(C(=O)N2CCCCC2)CC1. The van der Waals surface area contributed by atoms with Crippen molar-refractivity contribution in [2.24, 2.45) is 5.92 Å². The minimum atomic E-state index is 0.307. The lowest BCUT2D eigenvalue weighted by atomic mass is 9.98. The van der Waals surface area contributed by atoms with Crippen molar-refractivity contribution in [2.75, 3.05) is 26.2 Å². The highest BCUT2D eigenvalue weighted by molar-refractivity contribution is 5.74. The number of amides is 2. The third-order valence-electron chi connectivity index (χ3n) is 4.32. The van der Waals surface area contributed by atoms with E-state index in [1.807, 2.05) is 0 Å². The average molecular weight is 238 g/mol. The van der Waals surface area contributed by atoms with Gasteiger partial charge in [-0.15, -0.1) is 0 Å². The third-order valence-corrected chi connectivity index (χ3v) is 4.32. The second-order valence-electron chi connectivity index (χ2n) is 5.52. The van der Waals surface area contributed by atoms with Crippen LogP contribution in [0.2, 0.25) is 0 Å². The number of piperidine rings is 1. The molecule has 2 aliphatic rings. The van der Waals surface area contributed by atoms with Gasteiger partial charge in [0.25, 0.3) is 0 Å². The molecule has 0 saturated carbocycles. The van der Waals surface area contributed by atoms with Crippen LogP contribution in [0.4, 0.5) is 4.79 Å². The lowest BCUT2D eigenvalue weighted by molar-refractivity contribution is 0.144. The van der Waals surface area contributed by atoms with Gasteiger partial charge in [-0.3, -0.25) is 0 Å². The number of carbonyl (C=O) groups excluding carboxylic acids is 1. The van der Waals surface area contributed by atoms with Gasteiger partial charge in [0.1, 0.15) is 0 Å². The molecule has 98 valence electrons. The molecule has 0 aromatic rings. The molecule has 0 N–H and O–H groups in total. The number of urea groups is 1. The van der Waals surface area contributed by atoms with Gasteiger partial charge in [-0.2, -0.15) is 0 Å². The smallest absolute Gasteiger partial charge is 0.319 e. The Morgan fingerprint density at radius 1 is 0.941 bits per heavy atom. The van der Waals surface area contributed by atoms with Crippen molar-refractivity contribution in [1.82, 2.24) is 9.80 Å². The molecule has 0 spiro atoms.